The van der Waals surface area contributed by atoms with Gasteiger partial charge in [0.25, 0.3) is 0 Å². The van der Waals surface area contributed by atoms with Gasteiger partial charge in [-0.05, 0) is 5.56 Å². The van der Waals surface area contributed by atoms with Crippen LogP contribution in [-0.2, 0) is 16.1 Å². The van der Waals surface area contributed by atoms with Crippen molar-refractivity contribution in [1.29, 1.82) is 0 Å². The van der Waals surface area contributed by atoms with Gasteiger partial charge in [0.1, 0.15) is 6.61 Å². The van der Waals surface area contributed by atoms with E-state index in [1.165, 1.54) is 24.3 Å². The number of Topliss-reactive ketones (excluding diaryl/α,β-unsaturated/α-hetero) is 1. The zero-order chi connectivity index (χ0) is 15.1. The maximum Gasteiger partial charge on any atom is 0.305 e. The van der Waals surface area contributed by atoms with Crippen molar-refractivity contribution >= 4 is 11.8 Å². The summed E-state index contributed by atoms with van der Waals surface area (Å²) in [7, 11) is 1.29. The van der Waals surface area contributed by atoms with Crippen LogP contribution in [0.1, 0.15) is 28.8 Å². The normalized spacial score (nSPS) is 10.1. The molecule has 0 aliphatic rings. The molecule has 1 heterocycles. The molecule has 2 rings (SSSR count). The fraction of sp³-hybridized carbons (Fsp3) is 0.267. The molecule has 0 spiro atoms. The van der Waals surface area contributed by atoms with E-state index in [9.17, 15) is 9.59 Å². The molecule has 21 heavy (non-hydrogen) atoms. The van der Waals surface area contributed by atoms with Crippen LogP contribution in [0.4, 0.5) is 0 Å². The lowest BCUT2D eigenvalue weighted by Crippen LogP contribution is -2.11. The van der Waals surface area contributed by atoms with Crippen molar-refractivity contribution in [2.24, 2.45) is 0 Å². The summed E-state index contributed by atoms with van der Waals surface area (Å²) >= 11 is 0. The SMILES string of the molecule is COC(=O)CCC(=O)c1cnn(OCc2ccccc2)c1. The van der Waals surface area contributed by atoms with Gasteiger partial charge in [-0.15, -0.1) is 9.94 Å². The molecule has 0 unspecified atom stereocenters. The van der Waals surface area contributed by atoms with Crippen molar-refractivity contribution in [3.05, 3.63) is 53.9 Å². The van der Waals surface area contributed by atoms with Gasteiger partial charge in [0.2, 0.25) is 0 Å². The maximum absolute atomic E-state index is 11.8. The lowest BCUT2D eigenvalue weighted by Gasteiger charge is -2.04. The molecule has 0 radical (unpaired) electrons. The molecule has 110 valence electrons. The molecule has 0 fully saturated rings. The second-order valence-corrected chi connectivity index (χ2v) is 4.39. The maximum atomic E-state index is 11.8. The van der Waals surface area contributed by atoms with E-state index in [1.54, 1.807) is 0 Å². The number of carbonyl (C=O) groups excluding carboxylic acids is 2. The van der Waals surface area contributed by atoms with E-state index in [4.69, 9.17) is 4.84 Å². The van der Waals surface area contributed by atoms with Crippen LogP contribution < -0.4 is 4.84 Å². The first-order chi connectivity index (χ1) is 10.2. The van der Waals surface area contributed by atoms with Crippen LogP contribution >= 0.6 is 0 Å². The fourth-order valence-corrected chi connectivity index (χ4v) is 1.70. The first-order valence-electron chi connectivity index (χ1n) is 6.51. The highest BCUT2D eigenvalue weighted by atomic mass is 16.7. The van der Waals surface area contributed by atoms with E-state index in [-0.39, 0.29) is 18.6 Å². The number of benzene rings is 1. The molecular formula is C15H16N2O4. The van der Waals surface area contributed by atoms with Crippen LogP contribution in [0.2, 0.25) is 0 Å². The number of esters is 1. The van der Waals surface area contributed by atoms with Crippen LogP contribution in [-0.4, -0.2) is 28.8 Å². The molecule has 0 aliphatic carbocycles. The number of ketones is 1. The molecular weight excluding hydrogens is 272 g/mol. The molecule has 0 aliphatic heterocycles. The van der Waals surface area contributed by atoms with Gasteiger partial charge in [0.05, 0.1) is 31.5 Å². The van der Waals surface area contributed by atoms with Crippen LogP contribution in [0.3, 0.4) is 0 Å². The van der Waals surface area contributed by atoms with Crippen LogP contribution in [0.5, 0.6) is 0 Å². The van der Waals surface area contributed by atoms with Gasteiger partial charge in [-0.25, -0.2) is 0 Å². The first-order valence-corrected chi connectivity index (χ1v) is 6.51. The van der Waals surface area contributed by atoms with Gasteiger partial charge in [0, 0.05) is 6.42 Å². The monoisotopic (exact) mass is 288 g/mol. The molecule has 0 N–H and O–H groups in total. The quantitative estimate of drug-likeness (QED) is 0.572. The lowest BCUT2D eigenvalue weighted by molar-refractivity contribution is -0.140. The number of ether oxygens (including phenoxy) is 1. The lowest BCUT2D eigenvalue weighted by atomic mass is 10.1. The molecule has 6 heteroatoms. The van der Waals surface area contributed by atoms with Crippen molar-refractivity contribution in [3.63, 3.8) is 0 Å². The highest BCUT2D eigenvalue weighted by molar-refractivity contribution is 5.97. The number of carbonyl (C=O) groups is 2. The zero-order valence-electron chi connectivity index (χ0n) is 11.7. The minimum Gasteiger partial charge on any atom is -0.469 e. The van der Waals surface area contributed by atoms with E-state index in [2.05, 4.69) is 9.84 Å². The predicted octanol–water partition coefficient (Wildman–Crippen LogP) is 1.65. The Kier molecular flexibility index (Phi) is 5.09. The standard InChI is InChI=1S/C15H16N2O4/c1-20-15(19)8-7-14(18)13-9-16-17(10-13)21-11-12-5-3-2-4-6-12/h2-6,9-10H,7-8,11H2,1H3. The summed E-state index contributed by atoms with van der Waals surface area (Å²) in [6.45, 7) is 0.359. The second kappa shape index (κ2) is 7.23. The molecule has 0 atom stereocenters. The number of hydrogen-bond acceptors (Lipinski definition) is 5. The Morgan fingerprint density at radius 1 is 1.19 bits per heavy atom. The number of nitrogens with zero attached hydrogens (tertiary/aromatic N) is 2. The molecule has 0 saturated heterocycles. The molecule has 0 amide bonds. The Labute approximate surface area is 122 Å². The highest BCUT2D eigenvalue weighted by Crippen LogP contribution is 2.05. The molecule has 2 aromatic rings. The van der Waals surface area contributed by atoms with Crippen LogP contribution in [0.25, 0.3) is 0 Å². The smallest absolute Gasteiger partial charge is 0.305 e. The molecule has 1 aromatic heterocycles. The second-order valence-electron chi connectivity index (χ2n) is 4.39. The molecule has 0 saturated carbocycles. The summed E-state index contributed by atoms with van der Waals surface area (Å²) in [5.74, 6) is -0.578. The topological polar surface area (TPSA) is 70.4 Å². The summed E-state index contributed by atoms with van der Waals surface area (Å²) in [6, 6.07) is 9.64. The minimum absolute atomic E-state index is 0.0609. The van der Waals surface area contributed by atoms with Crippen molar-refractivity contribution in [1.82, 2.24) is 9.94 Å². The van der Waals surface area contributed by atoms with E-state index < -0.39 is 5.97 Å². The molecule has 6 nitrogen and oxygen atoms in total. The average Bonchev–Trinajstić information content (AvgIpc) is 3.00. The van der Waals surface area contributed by atoms with Gasteiger partial charge in [-0.2, -0.15) is 0 Å². The third-order valence-electron chi connectivity index (χ3n) is 2.87. The minimum atomic E-state index is -0.406. The Morgan fingerprint density at radius 3 is 2.67 bits per heavy atom. The summed E-state index contributed by atoms with van der Waals surface area (Å²) in [4.78, 5) is 29.5. The Balaban J connectivity index is 1.86. The zero-order valence-corrected chi connectivity index (χ0v) is 11.7. The van der Waals surface area contributed by atoms with E-state index in [0.29, 0.717) is 12.2 Å². The number of methoxy groups -OCH3 is 1. The summed E-state index contributed by atoms with van der Waals surface area (Å²) in [5, 5.41) is 3.96. The van der Waals surface area contributed by atoms with E-state index in [1.807, 2.05) is 30.3 Å². The summed E-state index contributed by atoms with van der Waals surface area (Å²) in [6.07, 6.45) is 3.08. The Morgan fingerprint density at radius 2 is 1.95 bits per heavy atom. The fourth-order valence-electron chi connectivity index (χ4n) is 1.70. The van der Waals surface area contributed by atoms with E-state index in [0.717, 1.165) is 5.56 Å². The number of aromatic nitrogens is 2. The van der Waals surface area contributed by atoms with Crippen molar-refractivity contribution < 1.29 is 19.2 Å². The first kappa shape index (κ1) is 14.8. The van der Waals surface area contributed by atoms with Gasteiger partial charge in [-0.3, -0.25) is 9.59 Å². The van der Waals surface area contributed by atoms with E-state index >= 15 is 0 Å². The summed E-state index contributed by atoms with van der Waals surface area (Å²) in [5.41, 5.74) is 1.42. The predicted molar refractivity (Wildman–Crippen MR) is 74.5 cm³/mol. The van der Waals surface area contributed by atoms with Crippen molar-refractivity contribution in [3.8, 4) is 0 Å². The van der Waals surface area contributed by atoms with Gasteiger partial charge in [-0.1, -0.05) is 30.3 Å². The van der Waals surface area contributed by atoms with Crippen LogP contribution in [0.15, 0.2) is 42.7 Å². The largest absolute Gasteiger partial charge is 0.469 e. The van der Waals surface area contributed by atoms with Gasteiger partial charge in [0.15, 0.2) is 5.78 Å². The van der Waals surface area contributed by atoms with Gasteiger partial charge >= 0.3 is 5.97 Å². The third-order valence-corrected chi connectivity index (χ3v) is 2.87. The number of hydrogen-bond donors (Lipinski definition) is 0. The molecule has 0 bridgehead atoms. The third kappa shape index (κ3) is 4.45. The number of rotatable bonds is 7. The molecule has 1 aromatic carbocycles. The average molecular weight is 288 g/mol. The van der Waals surface area contributed by atoms with Crippen LogP contribution in [0, 0.1) is 0 Å². The summed E-state index contributed by atoms with van der Waals surface area (Å²) < 4.78 is 4.49. The van der Waals surface area contributed by atoms with Crippen molar-refractivity contribution in [2.75, 3.05) is 7.11 Å². The Hall–Kier alpha value is -2.63. The van der Waals surface area contributed by atoms with Crippen molar-refractivity contribution in [2.45, 2.75) is 19.4 Å². The Bertz CT molecular complexity index is 607. The highest BCUT2D eigenvalue weighted by Gasteiger charge is 2.12. The van der Waals surface area contributed by atoms with Gasteiger partial charge < -0.3 is 9.57 Å².